The monoisotopic (exact) mass is 549 g/mol. The van der Waals surface area contributed by atoms with Crippen molar-refractivity contribution in [3.8, 4) is 0 Å². The number of hydrogen-bond donors (Lipinski definition) is 2. The molecule has 0 radical (unpaired) electrons. The van der Waals surface area contributed by atoms with E-state index in [9.17, 15) is 27.6 Å². The molecule has 3 amide bonds. The lowest BCUT2D eigenvalue weighted by Gasteiger charge is -2.16. The summed E-state index contributed by atoms with van der Waals surface area (Å²) in [7, 11) is 0. The molecule has 5 rings (SSSR count). The van der Waals surface area contributed by atoms with Crippen LogP contribution in [0.4, 0.5) is 30.2 Å². The Labute approximate surface area is 224 Å². The lowest BCUT2D eigenvalue weighted by molar-refractivity contribution is -0.137. The van der Waals surface area contributed by atoms with Crippen molar-refractivity contribution in [3.05, 3.63) is 119 Å². The number of amides is 3. The maximum absolute atomic E-state index is 13.4. The number of imide groups is 1. The Bertz CT molecular complexity index is 1550. The van der Waals surface area contributed by atoms with Crippen molar-refractivity contribution < 1.29 is 32.0 Å². The summed E-state index contributed by atoms with van der Waals surface area (Å²) in [6.07, 6.45) is -3.17. The molecule has 4 aromatic rings. The molecule has 196 valence electrons. The van der Waals surface area contributed by atoms with Crippen molar-refractivity contribution in [3.63, 3.8) is 0 Å². The molecule has 7 nitrogen and oxygen atoms in total. The summed E-state index contributed by atoms with van der Waals surface area (Å²) < 4.78 is 44.2. The zero-order valence-corrected chi connectivity index (χ0v) is 20.7. The molecule has 0 atom stereocenters. The minimum Gasteiger partial charge on any atom is -0.459 e. The first-order valence-corrected chi connectivity index (χ1v) is 12.3. The van der Waals surface area contributed by atoms with E-state index in [1.54, 1.807) is 60.7 Å². The highest BCUT2D eigenvalue weighted by Gasteiger charge is 2.40. The van der Waals surface area contributed by atoms with E-state index in [-0.39, 0.29) is 22.0 Å². The van der Waals surface area contributed by atoms with Gasteiger partial charge in [0.1, 0.15) is 10.6 Å². The third-order valence-electron chi connectivity index (χ3n) is 5.61. The van der Waals surface area contributed by atoms with Crippen molar-refractivity contribution >= 4 is 46.5 Å². The van der Waals surface area contributed by atoms with Crippen LogP contribution in [-0.2, 0) is 15.8 Å². The number of para-hydroxylation sites is 1. The van der Waals surface area contributed by atoms with Crippen LogP contribution in [0, 0.1) is 0 Å². The van der Waals surface area contributed by atoms with E-state index in [0.717, 1.165) is 40.9 Å². The number of rotatable bonds is 7. The summed E-state index contributed by atoms with van der Waals surface area (Å²) in [4.78, 5) is 40.5. The second-order valence-corrected chi connectivity index (χ2v) is 9.33. The van der Waals surface area contributed by atoms with Gasteiger partial charge in [0, 0.05) is 16.3 Å². The minimum atomic E-state index is -4.56. The summed E-state index contributed by atoms with van der Waals surface area (Å²) in [6.45, 7) is 0. The second-order valence-electron chi connectivity index (χ2n) is 8.24. The van der Waals surface area contributed by atoms with Gasteiger partial charge >= 0.3 is 6.18 Å². The third-order valence-corrected chi connectivity index (χ3v) is 6.71. The molecule has 1 aromatic heterocycles. The van der Waals surface area contributed by atoms with E-state index in [1.807, 2.05) is 0 Å². The van der Waals surface area contributed by atoms with Crippen molar-refractivity contribution in [2.24, 2.45) is 0 Å². The van der Waals surface area contributed by atoms with Gasteiger partial charge in [0.15, 0.2) is 5.76 Å². The van der Waals surface area contributed by atoms with Crippen LogP contribution >= 0.6 is 11.8 Å². The van der Waals surface area contributed by atoms with E-state index in [2.05, 4.69) is 10.6 Å². The molecule has 11 heteroatoms. The molecule has 0 fully saturated rings. The molecule has 0 aliphatic carbocycles. The Morgan fingerprint density at radius 2 is 1.49 bits per heavy atom. The van der Waals surface area contributed by atoms with Crippen LogP contribution in [-0.4, -0.2) is 17.7 Å². The smallest absolute Gasteiger partial charge is 0.416 e. The van der Waals surface area contributed by atoms with Crippen molar-refractivity contribution in [2.45, 2.75) is 11.1 Å². The van der Waals surface area contributed by atoms with E-state index < -0.39 is 29.5 Å². The van der Waals surface area contributed by atoms with E-state index in [1.165, 1.54) is 12.3 Å². The minimum absolute atomic E-state index is 0.00806. The maximum atomic E-state index is 13.4. The van der Waals surface area contributed by atoms with Gasteiger partial charge in [0.05, 0.1) is 17.5 Å². The number of halogens is 3. The van der Waals surface area contributed by atoms with Gasteiger partial charge in [0.25, 0.3) is 17.7 Å². The second kappa shape index (κ2) is 10.5. The van der Waals surface area contributed by atoms with Crippen molar-refractivity contribution in [1.29, 1.82) is 0 Å². The molecule has 0 saturated heterocycles. The SMILES string of the molecule is O=C(Nc1ccc(SC2=C(Nc3ccccc3)C(=O)N(c3ccc(C(F)(F)F)cc3)C2=O)cc1)c1ccco1. The Morgan fingerprint density at radius 3 is 2.10 bits per heavy atom. The largest absolute Gasteiger partial charge is 0.459 e. The summed E-state index contributed by atoms with van der Waals surface area (Å²) in [5.74, 6) is -1.67. The number of anilines is 3. The third kappa shape index (κ3) is 5.58. The quantitative estimate of drug-likeness (QED) is 0.255. The van der Waals surface area contributed by atoms with Crippen molar-refractivity contribution in [2.75, 3.05) is 15.5 Å². The molecular weight excluding hydrogens is 531 g/mol. The zero-order valence-electron chi connectivity index (χ0n) is 19.9. The number of alkyl halides is 3. The first-order chi connectivity index (χ1) is 18.7. The molecule has 2 N–H and O–H groups in total. The Kier molecular flexibility index (Phi) is 6.99. The zero-order chi connectivity index (χ0) is 27.6. The predicted octanol–water partition coefficient (Wildman–Crippen LogP) is 6.54. The van der Waals surface area contributed by atoms with Gasteiger partial charge in [-0.3, -0.25) is 14.4 Å². The number of benzene rings is 3. The van der Waals surface area contributed by atoms with Crippen LogP contribution < -0.4 is 15.5 Å². The lowest BCUT2D eigenvalue weighted by Crippen LogP contribution is -2.32. The summed E-state index contributed by atoms with van der Waals surface area (Å²) >= 11 is 1.02. The first kappa shape index (κ1) is 25.9. The van der Waals surface area contributed by atoms with E-state index >= 15 is 0 Å². The van der Waals surface area contributed by atoms with Crippen LogP contribution in [0.15, 0.2) is 117 Å². The van der Waals surface area contributed by atoms with Crippen LogP contribution in [0.3, 0.4) is 0 Å². The molecule has 0 spiro atoms. The van der Waals surface area contributed by atoms with Crippen LogP contribution in [0.25, 0.3) is 0 Å². The number of carbonyl (C=O) groups is 3. The maximum Gasteiger partial charge on any atom is 0.416 e. The van der Waals surface area contributed by atoms with Crippen LogP contribution in [0.2, 0.25) is 0 Å². The molecule has 3 aromatic carbocycles. The summed E-state index contributed by atoms with van der Waals surface area (Å²) in [5, 5.41) is 5.67. The molecular formula is C28H18F3N3O4S. The van der Waals surface area contributed by atoms with E-state index in [4.69, 9.17) is 4.42 Å². The fraction of sp³-hybridized carbons (Fsp3) is 0.0357. The fourth-order valence-corrected chi connectivity index (χ4v) is 4.67. The fourth-order valence-electron chi connectivity index (χ4n) is 3.74. The molecule has 39 heavy (non-hydrogen) atoms. The topological polar surface area (TPSA) is 91.7 Å². The number of hydrogen-bond acceptors (Lipinski definition) is 6. The number of carbonyl (C=O) groups excluding carboxylic acids is 3. The van der Waals surface area contributed by atoms with Crippen LogP contribution in [0.5, 0.6) is 0 Å². The summed E-state index contributed by atoms with van der Waals surface area (Å²) in [6, 6.07) is 22.2. The highest BCUT2D eigenvalue weighted by molar-refractivity contribution is 8.04. The van der Waals surface area contributed by atoms with E-state index in [0.29, 0.717) is 16.3 Å². The Morgan fingerprint density at radius 1 is 0.795 bits per heavy atom. The summed E-state index contributed by atoms with van der Waals surface area (Å²) in [5.41, 5.74) is 0.146. The number of thioether (sulfide) groups is 1. The van der Waals surface area contributed by atoms with Gasteiger partial charge in [-0.2, -0.15) is 13.2 Å². The normalized spacial score (nSPS) is 13.7. The van der Waals surface area contributed by atoms with Crippen LogP contribution in [0.1, 0.15) is 16.1 Å². The Hall–Kier alpha value is -4.77. The average molecular weight is 550 g/mol. The first-order valence-electron chi connectivity index (χ1n) is 11.5. The molecule has 0 unspecified atom stereocenters. The van der Waals surface area contributed by atoms with Gasteiger partial charge in [-0.05, 0) is 72.8 Å². The standard InChI is InChI=1S/C28H18F3N3O4S/c29-28(30,31)17-8-12-20(13-9-17)34-26(36)23(32-18-5-2-1-3-6-18)24(27(34)37)39-21-14-10-19(11-15-21)33-25(35)22-7-4-16-38-22/h1-16,32H,(H,33,35). The van der Waals surface area contributed by atoms with Crippen molar-refractivity contribution in [1.82, 2.24) is 0 Å². The Balaban J connectivity index is 1.41. The van der Waals surface area contributed by atoms with Gasteiger partial charge in [0.2, 0.25) is 0 Å². The molecule has 0 bridgehead atoms. The number of nitrogens with one attached hydrogen (secondary N) is 2. The predicted molar refractivity (Wildman–Crippen MR) is 140 cm³/mol. The number of nitrogens with zero attached hydrogens (tertiary/aromatic N) is 1. The highest BCUT2D eigenvalue weighted by Crippen LogP contribution is 2.39. The van der Waals surface area contributed by atoms with Gasteiger partial charge in [-0.15, -0.1) is 0 Å². The van der Waals surface area contributed by atoms with Gasteiger partial charge in [-0.25, -0.2) is 4.90 Å². The molecule has 2 heterocycles. The number of furan rings is 1. The molecule has 1 aliphatic heterocycles. The van der Waals surface area contributed by atoms with Gasteiger partial charge in [-0.1, -0.05) is 30.0 Å². The molecule has 0 saturated carbocycles. The average Bonchev–Trinajstić information content (AvgIpc) is 3.54. The van der Waals surface area contributed by atoms with Gasteiger partial charge < -0.3 is 15.1 Å². The molecule has 1 aliphatic rings. The highest BCUT2D eigenvalue weighted by atomic mass is 32.2. The lowest BCUT2D eigenvalue weighted by atomic mass is 10.2.